The summed E-state index contributed by atoms with van der Waals surface area (Å²) < 4.78 is 27.4. The molecule has 0 unspecified atom stereocenters. The molecule has 34 heavy (non-hydrogen) atoms. The van der Waals surface area contributed by atoms with Crippen LogP contribution in [0, 0.1) is 0 Å². The van der Waals surface area contributed by atoms with Crippen LogP contribution in [0.4, 0.5) is 0 Å². The fourth-order valence-corrected chi connectivity index (χ4v) is 3.53. The fourth-order valence-electron chi connectivity index (χ4n) is 3.53. The van der Waals surface area contributed by atoms with Gasteiger partial charge < -0.3 is 23.4 Å². The second kappa shape index (κ2) is 10.1. The summed E-state index contributed by atoms with van der Waals surface area (Å²) in [6.07, 6.45) is 0. The number of rotatable bonds is 9. The van der Waals surface area contributed by atoms with Crippen molar-refractivity contribution >= 4 is 22.7 Å². The molecule has 0 N–H and O–H groups in total. The highest BCUT2D eigenvalue weighted by molar-refractivity contribution is 6.09. The van der Waals surface area contributed by atoms with E-state index in [9.17, 15) is 9.59 Å². The minimum Gasteiger partial charge on any atom is -0.497 e. The second-order valence-corrected chi connectivity index (χ2v) is 7.35. The molecule has 7 heteroatoms. The SMILES string of the molecule is CCOC(=O)c1c(-c2ccc(OC)cc2)oc2ccc(OCC(=O)c3ccc(OC)cc3)cc12. The van der Waals surface area contributed by atoms with Crippen LogP contribution < -0.4 is 14.2 Å². The van der Waals surface area contributed by atoms with E-state index < -0.39 is 5.97 Å². The van der Waals surface area contributed by atoms with Gasteiger partial charge in [0.2, 0.25) is 0 Å². The van der Waals surface area contributed by atoms with Crippen LogP contribution in [0.3, 0.4) is 0 Å². The molecule has 0 aliphatic rings. The molecule has 1 aromatic heterocycles. The number of fused-ring (bicyclic) bond motifs is 1. The molecule has 4 aromatic rings. The van der Waals surface area contributed by atoms with E-state index in [1.807, 2.05) is 12.1 Å². The monoisotopic (exact) mass is 460 g/mol. The Bertz CT molecular complexity index is 1300. The normalized spacial score (nSPS) is 10.7. The van der Waals surface area contributed by atoms with E-state index in [1.165, 1.54) is 0 Å². The van der Waals surface area contributed by atoms with E-state index in [2.05, 4.69) is 0 Å². The first kappa shape index (κ1) is 22.9. The molecule has 1 heterocycles. The average molecular weight is 460 g/mol. The minimum atomic E-state index is -0.501. The van der Waals surface area contributed by atoms with E-state index in [1.54, 1.807) is 75.7 Å². The van der Waals surface area contributed by atoms with Crippen LogP contribution in [-0.2, 0) is 4.74 Å². The summed E-state index contributed by atoms with van der Waals surface area (Å²) in [6.45, 7) is 1.81. The number of methoxy groups -OCH3 is 2. The Kier molecular flexibility index (Phi) is 6.82. The number of ether oxygens (including phenoxy) is 4. The van der Waals surface area contributed by atoms with Crippen molar-refractivity contribution < 1.29 is 33.0 Å². The van der Waals surface area contributed by atoms with Gasteiger partial charge in [0.05, 0.1) is 20.8 Å². The molecule has 4 rings (SSSR count). The van der Waals surface area contributed by atoms with Crippen molar-refractivity contribution in [2.24, 2.45) is 0 Å². The van der Waals surface area contributed by atoms with Crippen molar-refractivity contribution in [2.75, 3.05) is 27.4 Å². The van der Waals surface area contributed by atoms with Gasteiger partial charge in [-0.2, -0.15) is 0 Å². The number of Topliss-reactive ketones (excluding diaryl/α,β-unsaturated/α-hetero) is 1. The van der Waals surface area contributed by atoms with Gasteiger partial charge in [-0.15, -0.1) is 0 Å². The summed E-state index contributed by atoms with van der Waals surface area (Å²) in [4.78, 5) is 25.4. The zero-order valence-electron chi connectivity index (χ0n) is 19.1. The van der Waals surface area contributed by atoms with Gasteiger partial charge in [0.15, 0.2) is 12.4 Å². The van der Waals surface area contributed by atoms with Gasteiger partial charge in [-0.3, -0.25) is 4.79 Å². The third-order valence-electron chi connectivity index (χ3n) is 5.27. The van der Waals surface area contributed by atoms with Crippen LogP contribution in [0.1, 0.15) is 27.6 Å². The topological polar surface area (TPSA) is 84.2 Å². The van der Waals surface area contributed by atoms with Crippen LogP contribution in [0.25, 0.3) is 22.3 Å². The summed E-state index contributed by atoms with van der Waals surface area (Å²) in [5.74, 6) is 1.50. The lowest BCUT2D eigenvalue weighted by Gasteiger charge is -2.07. The molecule has 0 aliphatic heterocycles. The number of esters is 1. The number of carbonyl (C=O) groups is 2. The molecule has 7 nitrogen and oxygen atoms in total. The summed E-state index contributed by atoms with van der Waals surface area (Å²) in [7, 11) is 3.15. The molecule has 0 fully saturated rings. The first-order valence-corrected chi connectivity index (χ1v) is 10.7. The Labute approximate surface area is 196 Å². The van der Waals surface area contributed by atoms with Crippen molar-refractivity contribution in [3.05, 3.63) is 77.9 Å². The largest absolute Gasteiger partial charge is 0.497 e. The number of hydrogen-bond acceptors (Lipinski definition) is 7. The maximum Gasteiger partial charge on any atom is 0.342 e. The molecular formula is C27H24O7. The molecule has 0 saturated heterocycles. The molecule has 0 bridgehead atoms. The van der Waals surface area contributed by atoms with Crippen LogP contribution in [0.5, 0.6) is 17.2 Å². The molecule has 0 spiro atoms. The van der Waals surface area contributed by atoms with Crippen molar-refractivity contribution in [3.8, 4) is 28.6 Å². The average Bonchev–Trinajstić information content (AvgIpc) is 3.26. The Morgan fingerprint density at radius 1 is 0.824 bits per heavy atom. The van der Waals surface area contributed by atoms with Crippen LogP contribution in [0.15, 0.2) is 71.1 Å². The van der Waals surface area contributed by atoms with Crippen molar-refractivity contribution in [1.29, 1.82) is 0 Å². The predicted octanol–water partition coefficient (Wildman–Crippen LogP) is 5.56. The van der Waals surface area contributed by atoms with E-state index in [4.69, 9.17) is 23.4 Å². The maximum absolute atomic E-state index is 12.8. The lowest BCUT2D eigenvalue weighted by molar-refractivity contribution is 0.0528. The highest BCUT2D eigenvalue weighted by Gasteiger charge is 2.24. The van der Waals surface area contributed by atoms with Crippen molar-refractivity contribution in [3.63, 3.8) is 0 Å². The van der Waals surface area contributed by atoms with Gasteiger partial charge in [-0.1, -0.05) is 0 Å². The Morgan fingerprint density at radius 2 is 1.44 bits per heavy atom. The minimum absolute atomic E-state index is 0.157. The molecule has 3 aromatic carbocycles. The second-order valence-electron chi connectivity index (χ2n) is 7.35. The van der Waals surface area contributed by atoms with Gasteiger partial charge in [0.1, 0.15) is 34.2 Å². The fraction of sp³-hybridized carbons (Fsp3) is 0.185. The highest BCUT2D eigenvalue weighted by Crippen LogP contribution is 2.36. The third kappa shape index (κ3) is 4.73. The molecule has 174 valence electrons. The van der Waals surface area contributed by atoms with E-state index in [0.717, 1.165) is 0 Å². The first-order valence-electron chi connectivity index (χ1n) is 10.7. The number of furan rings is 1. The molecule has 0 aliphatic carbocycles. The summed E-state index contributed by atoms with van der Waals surface area (Å²) >= 11 is 0. The van der Waals surface area contributed by atoms with Gasteiger partial charge in [-0.25, -0.2) is 4.79 Å². The highest BCUT2D eigenvalue weighted by atomic mass is 16.5. The van der Waals surface area contributed by atoms with Gasteiger partial charge in [0, 0.05) is 16.5 Å². The molecular weight excluding hydrogens is 436 g/mol. The number of carbonyl (C=O) groups excluding carboxylic acids is 2. The summed E-state index contributed by atoms with van der Waals surface area (Å²) in [6, 6.07) is 19.1. The Morgan fingerprint density at radius 3 is 2.06 bits per heavy atom. The van der Waals surface area contributed by atoms with Crippen molar-refractivity contribution in [1.82, 2.24) is 0 Å². The third-order valence-corrected chi connectivity index (χ3v) is 5.27. The number of benzene rings is 3. The smallest absolute Gasteiger partial charge is 0.342 e. The number of ketones is 1. The van der Waals surface area contributed by atoms with Gasteiger partial charge in [0.25, 0.3) is 0 Å². The Hall–Kier alpha value is -4.26. The standard InChI is InChI=1S/C27H24O7/c1-4-32-27(29)25-22-15-21(33-16-23(28)17-5-9-19(30-2)10-6-17)13-14-24(22)34-26(25)18-7-11-20(31-3)12-8-18/h5-15H,4,16H2,1-3H3. The van der Waals surface area contributed by atoms with Gasteiger partial charge in [-0.05, 0) is 73.7 Å². The lowest BCUT2D eigenvalue weighted by atomic mass is 10.1. The lowest BCUT2D eigenvalue weighted by Crippen LogP contribution is -2.11. The quantitative estimate of drug-likeness (QED) is 0.239. The maximum atomic E-state index is 12.8. The van der Waals surface area contributed by atoms with E-state index in [-0.39, 0.29) is 19.0 Å². The Balaban J connectivity index is 1.64. The van der Waals surface area contributed by atoms with E-state index >= 15 is 0 Å². The zero-order chi connectivity index (χ0) is 24.1. The summed E-state index contributed by atoms with van der Waals surface area (Å²) in [5, 5.41) is 0.540. The van der Waals surface area contributed by atoms with Crippen LogP contribution in [-0.4, -0.2) is 39.2 Å². The van der Waals surface area contributed by atoms with Gasteiger partial charge >= 0.3 is 5.97 Å². The molecule has 0 radical (unpaired) electrons. The zero-order valence-corrected chi connectivity index (χ0v) is 19.1. The first-order chi connectivity index (χ1) is 16.5. The molecule has 0 saturated carbocycles. The van der Waals surface area contributed by atoms with E-state index in [0.29, 0.717) is 50.7 Å². The van der Waals surface area contributed by atoms with Crippen LogP contribution >= 0.6 is 0 Å². The number of hydrogen-bond donors (Lipinski definition) is 0. The van der Waals surface area contributed by atoms with Crippen LogP contribution in [0.2, 0.25) is 0 Å². The van der Waals surface area contributed by atoms with Crippen molar-refractivity contribution in [2.45, 2.75) is 6.92 Å². The summed E-state index contributed by atoms with van der Waals surface area (Å²) in [5.41, 5.74) is 2.02. The molecule has 0 amide bonds. The predicted molar refractivity (Wildman–Crippen MR) is 127 cm³/mol. The molecule has 0 atom stereocenters.